The van der Waals surface area contributed by atoms with E-state index in [1.165, 1.54) is 19.8 Å². The number of aliphatic hydroxyl groups excluding tert-OH is 1. The average Bonchev–Trinajstić information content (AvgIpc) is 4.18. The molecule has 6 heterocycles. The van der Waals surface area contributed by atoms with Crippen molar-refractivity contribution in [2.24, 2.45) is 5.92 Å². The van der Waals surface area contributed by atoms with Gasteiger partial charge in [0.05, 0.1) is 55.4 Å². The minimum atomic E-state index is -0.890. The maximum atomic E-state index is 13.0. The van der Waals surface area contributed by atoms with Crippen molar-refractivity contribution in [3.63, 3.8) is 0 Å². The lowest BCUT2D eigenvalue weighted by Crippen LogP contribution is -2.54. The van der Waals surface area contributed by atoms with Gasteiger partial charge in [-0.1, -0.05) is 63.2 Å². The third kappa shape index (κ3) is 7.98. The number of aryl methyl sites for hydroxylation is 1. The Labute approximate surface area is 372 Å². The Morgan fingerprint density at radius 1 is 0.891 bits per heavy atom. The van der Waals surface area contributed by atoms with Gasteiger partial charge in [0.25, 0.3) is 0 Å². The zero-order valence-corrected chi connectivity index (χ0v) is 36.9. The van der Waals surface area contributed by atoms with E-state index in [-0.39, 0.29) is 30.5 Å². The summed E-state index contributed by atoms with van der Waals surface area (Å²) in [4.78, 5) is 52.7. The van der Waals surface area contributed by atoms with Crippen LogP contribution in [0.25, 0.3) is 44.7 Å². The van der Waals surface area contributed by atoms with Gasteiger partial charge < -0.3 is 49.4 Å². The number of aliphatic hydroxyl groups is 1. The number of imidazole rings is 1. The van der Waals surface area contributed by atoms with Gasteiger partial charge in [0.1, 0.15) is 24.3 Å². The minimum absolute atomic E-state index is 0.0147. The maximum Gasteiger partial charge on any atom is 0.407 e. The molecule has 0 aliphatic carbocycles. The number of hydrogen-bond acceptors (Lipinski definition) is 9. The average molecular weight is 869 g/mol. The van der Waals surface area contributed by atoms with E-state index < -0.39 is 30.7 Å². The van der Waals surface area contributed by atoms with Gasteiger partial charge in [-0.05, 0) is 80.0 Å². The molecule has 3 aliphatic heterocycles. The van der Waals surface area contributed by atoms with E-state index in [1.807, 2.05) is 38.2 Å². The van der Waals surface area contributed by atoms with E-state index in [0.29, 0.717) is 18.9 Å². The second-order valence-corrected chi connectivity index (χ2v) is 17.2. The Hall–Kier alpha value is -6.58. The first-order chi connectivity index (χ1) is 31.1. The fourth-order valence-corrected chi connectivity index (χ4v) is 9.86. The van der Waals surface area contributed by atoms with Crippen LogP contribution in [0.4, 0.5) is 9.59 Å². The van der Waals surface area contributed by atoms with E-state index >= 15 is 0 Å². The van der Waals surface area contributed by atoms with Gasteiger partial charge in [0.2, 0.25) is 12.1 Å². The van der Waals surface area contributed by atoms with Crippen molar-refractivity contribution in [3.8, 4) is 39.5 Å². The van der Waals surface area contributed by atoms with Gasteiger partial charge in [0.15, 0.2) is 0 Å². The monoisotopic (exact) mass is 868 g/mol. The molecule has 2 fully saturated rings. The molecule has 15 heteroatoms. The van der Waals surface area contributed by atoms with E-state index in [9.17, 15) is 19.5 Å². The number of carbonyl (C=O) groups is 3. The summed E-state index contributed by atoms with van der Waals surface area (Å²) in [5, 5.41) is 18.1. The summed E-state index contributed by atoms with van der Waals surface area (Å²) >= 11 is 0. The first kappa shape index (κ1) is 42.7. The van der Waals surface area contributed by atoms with Crippen molar-refractivity contribution in [1.82, 2.24) is 40.0 Å². The van der Waals surface area contributed by atoms with Crippen LogP contribution >= 0.6 is 0 Å². The molecule has 9 rings (SSSR count). The molecule has 3 aliphatic rings. The summed E-state index contributed by atoms with van der Waals surface area (Å²) in [6, 6.07) is 26.7. The summed E-state index contributed by atoms with van der Waals surface area (Å²) < 4.78 is 18.8. The molecule has 334 valence electrons. The number of aromatic amines is 2. The fourth-order valence-electron chi connectivity index (χ4n) is 9.86. The largest absolute Gasteiger partial charge is 0.465 e. The number of aromatic nitrogens is 4. The second-order valence-electron chi connectivity index (χ2n) is 17.2. The fraction of sp³-hybridized carbons (Fsp3) is 0.388. The number of rotatable bonds is 12. The Balaban J connectivity index is 1.02. The zero-order valence-electron chi connectivity index (χ0n) is 36.9. The number of carbonyl (C=O) groups excluding carboxylic acids is 3. The van der Waals surface area contributed by atoms with Crippen molar-refractivity contribution < 1.29 is 33.7 Å². The van der Waals surface area contributed by atoms with Crippen LogP contribution in [0.3, 0.4) is 0 Å². The molecule has 0 spiro atoms. The van der Waals surface area contributed by atoms with Gasteiger partial charge in [-0.3, -0.25) is 9.69 Å². The highest BCUT2D eigenvalue weighted by molar-refractivity contribution is 5.92. The highest BCUT2D eigenvalue weighted by Crippen LogP contribution is 2.47. The maximum absolute atomic E-state index is 13.0. The Bertz CT molecular complexity index is 2670. The molecule has 5 unspecified atom stereocenters. The third-order valence-electron chi connectivity index (χ3n) is 13.1. The molecular formula is C49H56N8O7. The molecule has 15 nitrogen and oxygen atoms in total. The summed E-state index contributed by atoms with van der Waals surface area (Å²) in [6.45, 7) is 7.29. The summed E-state index contributed by atoms with van der Waals surface area (Å²) in [5.41, 5.74) is 10.1. The number of hydrogen-bond donors (Lipinski definition) is 5. The molecule has 3 amide bonds. The molecule has 5 N–H and O–H groups in total. The third-order valence-corrected chi connectivity index (χ3v) is 13.1. The predicted octanol–water partition coefficient (Wildman–Crippen LogP) is 8.05. The smallest absolute Gasteiger partial charge is 0.407 e. The summed E-state index contributed by atoms with van der Waals surface area (Å²) in [7, 11) is 2.61. The number of amides is 3. The number of fused-ring (bicyclic) bond motifs is 5. The number of nitrogens with zero attached hydrogens (tertiary/aromatic N) is 4. The van der Waals surface area contributed by atoms with Gasteiger partial charge in [-0.15, -0.1) is 0 Å². The SMILES string of the molecule is CCc1cc(-c2ccc3c(c2)OC(c2ccccc2)n2c-3cc3cc(-c4cnc(C5CCCN5C(=O)CNC(=O)OC)[nH]4)ccc32)[nH]c1C1CCCN1C(O)C(NC(=O)OC)C(C)C. The zero-order chi connectivity index (χ0) is 44.6. The molecule has 3 aromatic heterocycles. The van der Waals surface area contributed by atoms with Crippen molar-refractivity contribution in [1.29, 1.82) is 0 Å². The van der Waals surface area contributed by atoms with Crippen molar-refractivity contribution in [2.45, 2.75) is 83.5 Å². The van der Waals surface area contributed by atoms with Crippen LogP contribution in [0.15, 0.2) is 85.1 Å². The Morgan fingerprint density at radius 2 is 1.64 bits per heavy atom. The number of methoxy groups -OCH3 is 2. The molecule has 2 saturated heterocycles. The standard InChI is InChI=1S/C49H56N8O7/c1-6-29-23-35(52-44(29)38-14-10-21-56(38)46(59)43(28(2)3)54-49(61)63-5)32-16-18-34-40-24-33-22-31(17-19-37(33)57(40)47(64-41(34)25-32)30-12-8-7-9-13-30)36-26-50-45(53-36)39-15-11-20-55(39)42(58)27-51-48(60)62-4/h7-9,12-13,16-19,22-26,28,38-39,43,46-47,52,59H,6,10-11,14-15,20-21,27H2,1-5H3,(H,50,53)(H,51,60)(H,54,61). The van der Waals surface area contributed by atoms with E-state index in [0.717, 1.165) is 93.8 Å². The van der Waals surface area contributed by atoms with E-state index in [1.54, 1.807) is 4.90 Å². The molecule has 0 bridgehead atoms. The lowest BCUT2D eigenvalue weighted by molar-refractivity contribution is -0.131. The van der Waals surface area contributed by atoms with Crippen LogP contribution in [0.5, 0.6) is 5.75 Å². The number of benzene rings is 3. The highest BCUT2D eigenvalue weighted by Gasteiger charge is 2.39. The highest BCUT2D eigenvalue weighted by atomic mass is 16.5. The van der Waals surface area contributed by atoms with Gasteiger partial charge in [-0.25, -0.2) is 14.6 Å². The Kier molecular flexibility index (Phi) is 11.9. The molecule has 5 atom stereocenters. The molecular weight excluding hydrogens is 813 g/mol. The molecule has 3 aromatic carbocycles. The molecule has 0 saturated carbocycles. The summed E-state index contributed by atoms with van der Waals surface area (Å²) in [5.74, 6) is 1.29. The number of alkyl carbamates (subject to hydrolysis) is 2. The van der Waals surface area contributed by atoms with Crippen molar-refractivity contribution >= 4 is 29.0 Å². The van der Waals surface area contributed by atoms with Crippen LogP contribution in [-0.4, -0.2) is 98.6 Å². The normalized spacial score (nSPS) is 19.2. The number of nitrogens with one attached hydrogen (secondary N) is 4. The van der Waals surface area contributed by atoms with Crippen molar-refractivity contribution in [2.75, 3.05) is 33.9 Å². The van der Waals surface area contributed by atoms with Crippen LogP contribution in [0.2, 0.25) is 0 Å². The topological polar surface area (TPSA) is 179 Å². The molecule has 64 heavy (non-hydrogen) atoms. The molecule has 6 aromatic rings. The number of H-pyrrole nitrogens is 2. The predicted molar refractivity (Wildman–Crippen MR) is 242 cm³/mol. The van der Waals surface area contributed by atoms with Crippen LogP contribution in [-0.2, 0) is 20.7 Å². The van der Waals surface area contributed by atoms with Crippen LogP contribution < -0.4 is 15.4 Å². The lowest BCUT2D eigenvalue weighted by Gasteiger charge is -2.36. The van der Waals surface area contributed by atoms with Gasteiger partial charge in [-0.2, -0.15) is 0 Å². The van der Waals surface area contributed by atoms with Gasteiger partial charge in [0, 0.05) is 52.1 Å². The lowest BCUT2D eigenvalue weighted by atomic mass is 10.00. The minimum Gasteiger partial charge on any atom is -0.465 e. The van der Waals surface area contributed by atoms with Crippen LogP contribution in [0, 0.1) is 5.92 Å². The molecule has 0 radical (unpaired) electrons. The first-order valence-corrected chi connectivity index (χ1v) is 22.2. The van der Waals surface area contributed by atoms with Crippen LogP contribution in [0.1, 0.15) is 87.4 Å². The second kappa shape index (κ2) is 17.9. The van der Waals surface area contributed by atoms with Gasteiger partial charge >= 0.3 is 12.2 Å². The Morgan fingerprint density at radius 3 is 2.41 bits per heavy atom. The number of likely N-dealkylation sites (tertiary alicyclic amines) is 2. The van der Waals surface area contributed by atoms with E-state index in [4.69, 9.17) is 14.5 Å². The van der Waals surface area contributed by atoms with Crippen molar-refractivity contribution in [3.05, 3.63) is 108 Å². The number of ether oxygens (including phenoxy) is 3. The van der Waals surface area contributed by atoms with E-state index in [2.05, 4.69) is 102 Å². The quantitative estimate of drug-likeness (QED) is 0.0814. The summed E-state index contributed by atoms with van der Waals surface area (Å²) in [6.07, 6.45) is 3.54. The first-order valence-electron chi connectivity index (χ1n) is 22.2.